The van der Waals surface area contributed by atoms with Crippen molar-refractivity contribution in [2.45, 2.75) is 0 Å². The molecule has 6 aliphatic rings. The molecule has 0 spiro atoms. The van der Waals surface area contributed by atoms with Crippen molar-refractivity contribution in [3.05, 3.63) is 406 Å². The van der Waals surface area contributed by atoms with Gasteiger partial charge in [-0.15, -0.1) is 0 Å². The fraction of sp³-hybridized carbons (Fsp3) is 0. The average molecular weight is 1460 g/mol. The second-order valence-corrected chi connectivity index (χ2v) is 31.4. The molecular formula is C106H67B3N6. The molecule has 0 unspecified atom stereocenters. The molecular weight excluding hydrogens is 1390 g/mol. The highest BCUT2D eigenvalue weighted by molar-refractivity contribution is 7.02. The summed E-state index contributed by atoms with van der Waals surface area (Å²) in [4.78, 5) is 15.2. The van der Waals surface area contributed by atoms with Crippen LogP contribution in [0, 0.1) is 0 Å². The van der Waals surface area contributed by atoms with E-state index in [9.17, 15) is 0 Å². The number of benzene rings is 19. The summed E-state index contributed by atoms with van der Waals surface area (Å²) in [7, 11) is 0. The van der Waals surface area contributed by atoms with Gasteiger partial charge in [0.05, 0.1) is 0 Å². The van der Waals surface area contributed by atoms with E-state index in [0.717, 1.165) is 56.5 Å². The van der Waals surface area contributed by atoms with Crippen molar-refractivity contribution in [3.8, 4) is 22.3 Å². The third-order valence-corrected chi connectivity index (χ3v) is 25.4. The third-order valence-electron chi connectivity index (χ3n) is 25.4. The molecule has 0 aliphatic carbocycles. The zero-order valence-electron chi connectivity index (χ0n) is 62.6. The van der Waals surface area contributed by atoms with Crippen molar-refractivity contribution in [1.82, 2.24) is 0 Å². The maximum atomic E-state index is 2.62. The van der Waals surface area contributed by atoms with Gasteiger partial charge in [-0.2, -0.15) is 0 Å². The maximum Gasteiger partial charge on any atom is 0.252 e. The Kier molecular flexibility index (Phi) is 13.8. The molecule has 6 nitrogen and oxygen atoms in total. The van der Waals surface area contributed by atoms with Crippen LogP contribution in [0.1, 0.15) is 0 Å². The quantitative estimate of drug-likeness (QED) is 0.140. The van der Waals surface area contributed by atoms with Crippen LogP contribution in [0.25, 0.3) is 65.3 Å². The number of rotatable bonds is 8. The van der Waals surface area contributed by atoms with E-state index in [1.165, 1.54) is 160 Å². The van der Waals surface area contributed by atoms with Crippen LogP contribution in [-0.2, 0) is 0 Å². The molecule has 0 bridgehead atoms. The fourth-order valence-electron chi connectivity index (χ4n) is 20.8. The standard InChI is InChI=1S/C106H67B3N6/c1-5-32-76(33-6-1)110-92-47-19-17-45-86(92)107-87-46-18-20-48-93(87)113(97-52-24-49-94(110)102(97)107)80-40-22-31-74(63-80)82-43-23-44-85-84(82)58-60-89-106(85)115(99-54-26-53-98-104(99)108(89)88-59-57-68-27-15-16-42-83(68)105(88)114(98)79-38-11-4-12-39-79)81-41-21-30-69(62-81)72-55-56-73-67-101-91(65-75(73)61-72)109-90-64-70-28-13-14-29-71(70)66-100(90)111(77-34-7-2-8-35-77)95-50-25-51-96(103(95)109)112(101)78-36-9-3-10-37-78/h1-67H. The number of para-hydroxylation sites is 6. The summed E-state index contributed by atoms with van der Waals surface area (Å²) in [6, 6.07) is 153. The van der Waals surface area contributed by atoms with Crippen LogP contribution in [0.4, 0.5) is 102 Å². The summed E-state index contributed by atoms with van der Waals surface area (Å²) in [5.74, 6) is 0. The minimum Gasteiger partial charge on any atom is -0.311 e. The first-order valence-electron chi connectivity index (χ1n) is 40.1. The second kappa shape index (κ2) is 24.9. The van der Waals surface area contributed by atoms with Gasteiger partial charge in [0.2, 0.25) is 0 Å². The highest BCUT2D eigenvalue weighted by atomic mass is 15.2. The van der Waals surface area contributed by atoms with Gasteiger partial charge < -0.3 is 29.4 Å². The molecule has 0 saturated heterocycles. The number of hydrogen-bond acceptors (Lipinski definition) is 6. The lowest BCUT2D eigenvalue weighted by molar-refractivity contribution is 1.25. The smallest absolute Gasteiger partial charge is 0.252 e. The third kappa shape index (κ3) is 9.38. The normalized spacial score (nSPS) is 13.6. The Balaban J connectivity index is 0.672. The molecule has 6 aliphatic heterocycles. The van der Waals surface area contributed by atoms with Gasteiger partial charge in [0, 0.05) is 113 Å². The van der Waals surface area contributed by atoms with Crippen molar-refractivity contribution < 1.29 is 0 Å². The average Bonchev–Trinajstić information content (AvgIpc) is 0.694. The van der Waals surface area contributed by atoms with E-state index in [2.05, 4.69) is 436 Å². The van der Waals surface area contributed by atoms with Gasteiger partial charge in [-0.1, -0.05) is 267 Å². The van der Waals surface area contributed by atoms with E-state index in [-0.39, 0.29) is 20.1 Å². The SMILES string of the molecule is c1ccc(N2c3ccccc3B3c4ccccc4N(c4cccc(-c5cccc6c7c(ccc56)B5c6ccc8ccccc8c6N(c6ccccc6)c6cccc(c65)N7c5cccc(-c6ccc7cc8c(cc7c6)B6c7cc9ccccc9cc7N(c7ccccc7)c7cccc(c76)N8c6ccccc6)c5)c4)c4cccc2c43)cc1. The van der Waals surface area contributed by atoms with E-state index in [1.54, 1.807) is 0 Å². The molecule has 9 heteroatoms. The van der Waals surface area contributed by atoms with Crippen molar-refractivity contribution >= 4 is 215 Å². The number of nitrogens with zero attached hydrogens (tertiary/aromatic N) is 6. The lowest BCUT2D eigenvalue weighted by Crippen LogP contribution is -2.61. The molecule has 0 N–H and O–H groups in total. The molecule has 0 fully saturated rings. The maximum absolute atomic E-state index is 2.62. The molecule has 0 atom stereocenters. The lowest BCUT2D eigenvalue weighted by Gasteiger charge is -2.45. The second-order valence-electron chi connectivity index (χ2n) is 31.4. The van der Waals surface area contributed by atoms with Gasteiger partial charge >= 0.3 is 0 Å². The minimum absolute atomic E-state index is 0.0440. The Morgan fingerprint density at radius 3 is 1.09 bits per heavy atom. The monoisotopic (exact) mass is 1460 g/mol. The van der Waals surface area contributed by atoms with Gasteiger partial charge in [0.25, 0.3) is 20.1 Å². The van der Waals surface area contributed by atoms with Gasteiger partial charge in [-0.3, -0.25) is 0 Å². The van der Waals surface area contributed by atoms with Crippen LogP contribution < -0.4 is 78.6 Å². The molecule has 0 amide bonds. The predicted octanol–water partition coefficient (Wildman–Crippen LogP) is 21.9. The van der Waals surface area contributed by atoms with Crippen LogP contribution in [0.2, 0.25) is 0 Å². The molecule has 530 valence electrons. The Morgan fingerprint density at radius 2 is 0.504 bits per heavy atom. The summed E-state index contributed by atoms with van der Waals surface area (Å²) >= 11 is 0. The first kappa shape index (κ1) is 63.9. The van der Waals surface area contributed by atoms with Crippen LogP contribution >= 0.6 is 0 Å². The van der Waals surface area contributed by atoms with Gasteiger partial charge in [0.15, 0.2) is 0 Å². The number of anilines is 18. The first-order valence-corrected chi connectivity index (χ1v) is 40.1. The summed E-state index contributed by atoms with van der Waals surface area (Å²) in [6.45, 7) is -0.122. The summed E-state index contributed by atoms with van der Waals surface area (Å²) < 4.78 is 0. The van der Waals surface area contributed by atoms with Crippen LogP contribution in [-0.4, -0.2) is 20.1 Å². The molecule has 0 aromatic heterocycles. The minimum atomic E-state index is -0.107. The van der Waals surface area contributed by atoms with E-state index < -0.39 is 0 Å². The summed E-state index contributed by atoms with van der Waals surface area (Å²) in [6.07, 6.45) is 0. The van der Waals surface area contributed by atoms with E-state index in [1.807, 2.05) is 0 Å². The zero-order chi connectivity index (χ0) is 75.1. The number of hydrogen-bond donors (Lipinski definition) is 0. The van der Waals surface area contributed by atoms with Gasteiger partial charge in [-0.25, -0.2) is 0 Å². The number of fused-ring (bicyclic) bond motifs is 18. The highest BCUT2D eigenvalue weighted by Gasteiger charge is 2.48. The Bertz CT molecular complexity index is 7310. The van der Waals surface area contributed by atoms with E-state index in [4.69, 9.17) is 0 Å². The summed E-state index contributed by atoms with van der Waals surface area (Å²) in [5, 5.41) is 9.65. The molecule has 0 saturated carbocycles. The fourth-order valence-corrected chi connectivity index (χ4v) is 20.8. The van der Waals surface area contributed by atoms with E-state index >= 15 is 0 Å². The zero-order valence-corrected chi connectivity index (χ0v) is 62.6. The van der Waals surface area contributed by atoms with Crippen molar-refractivity contribution in [2.75, 3.05) is 29.4 Å². The summed E-state index contributed by atoms with van der Waals surface area (Å²) in [5.41, 5.74) is 37.3. The highest BCUT2D eigenvalue weighted by Crippen LogP contribution is 2.52. The first-order chi connectivity index (χ1) is 57.1. The molecule has 6 heterocycles. The molecule has 19 aromatic carbocycles. The van der Waals surface area contributed by atoms with Crippen LogP contribution in [0.5, 0.6) is 0 Å². The van der Waals surface area contributed by atoms with Crippen molar-refractivity contribution in [2.24, 2.45) is 0 Å². The molecule has 0 radical (unpaired) electrons. The lowest BCUT2D eigenvalue weighted by atomic mass is 9.33. The van der Waals surface area contributed by atoms with Gasteiger partial charge in [-0.05, 0) is 243 Å². The molecule has 25 rings (SSSR count). The predicted molar refractivity (Wildman–Crippen MR) is 489 cm³/mol. The molecule has 19 aromatic rings. The Labute approximate surface area is 668 Å². The van der Waals surface area contributed by atoms with Crippen LogP contribution in [0.15, 0.2) is 406 Å². The Hall–Kier alpha value is -14.8. The molecule has 115 heavy (non-hydrogen) atoms. The Morgan fingerprint density at radius 1 is 0.157 bits per heavy atom. The van der Waals surface area contributed by atoms with Gasteiger partial charge in [0.1, 0.15) is 0 Å². The van der Waals surface area contributed by atoms with Crippen molar-refractivity contribution in [3.63, 3.8) is 0 Å². The topological polar surface area (TPSA) is 19.4 Å². The van der Waals surface area contributed by atoms with Crippen molar-refractivity contribution in [1.29, 1.82) is 0 Å². The van der Waals surface area contributed by atoms with E-state index in [0.29, 0.717) is 0 Å². The largest absolute Gasteiger partial charge is 0.311 e. The van der Waals surface area contributed by atoms with Crippen LogP contribution in [0.3, 0.4) is 0 Å².